The van der Waals surface area contributed by atoms with Gasteiger partial charge in [-0.1, -0.05) is 0 Å². The molecule has 0 atom stereocenters. The number of hydrogen-bond donors (Lipinski definition) is 1. The van der Waals surface area contributed by atoms with Crippen molar-refractivity contribution < 1.29 is 4.74 Å². The molecule has 1 saturated heterocycles. The van der Waals surface area contributed by atoms with E-state index in [-0.39, 0.29) is 12.4 Å². The molecule has 0 bridgehead atoms. The van der Waals surface area contributed by atoms with Gasteiger partial charge in [0.25, 0.3) is 0 Å². The molecule has 4 nitrogen and oxygen atoms in total. The van der Waals surface area contributed by atoms with Gasteiger partial charge in [0.1, 0.15) is 0 Å². The highest BCUT2D eigenvalue weighted by Crippen LogP contribution is 2.18. The Morgan fingerprint density at radius 1 is 1.42 bits per heavy atom. The van der Waals surface area contributed by atoms with E-state index in [2.05, 4.69) is 16.4 Å². The summed E-state index contributed by atoms with van der Waals surface area (Å²) in [6, 6.07) is 5.45. The van der Waals surface area contributed by atoms with E-state index in [0.717, 1.165) is 25.4 Å². The number of nitrogens with zero attached hydrogens (tertiary/aromatic N) is 2. The fourth-order valence-corrected chi connectivity index (χ4v) is 2.28. The van der Waals surface area contributed by atoms with Crippen LogP contribution in [-0.2, 0) is 0 Å². The molecule has 2 heterocycles. The van der Waals surface area contributed by atoms with E-state index in [9.17, 15) is 0 Å². The van der Waals surface area contributed by atoms with Gasteiger partial charge in [-0.25, -0.2) is 4.98 Å². The lowest BCUT2D eigenvalue weighted by atomic mass is 9.93. The van der Waals surface area contributed by atoms with Gasteiger partial charge in [0.15, 0.2) is 0 Å². The van der Waals surface area contributed by atoms with Gasteiger partial charge in [0, 0.05) is 12.3 Å². The predicted octanol–water partition coefficient (Wildman–Crippen LogP) is 2.53. The van der Waals surface area contributed by atoms with Gasteiger partial charge in [0.05, 0.1) is 18.2 Å². The lowest BCUT2D eigenvalue weighted by Crippen LogP contribution is -2.27. The van der Waals surface area contributed by atoms with Crippen LogP contribution in [0.2, 0.25) is 0 Å². The molecular weight excluding hydrogens is 262 g/mol. The lowest BCUT2D eigenvalue weighted by molar-refractivity contribution is 0.266. The van der Waals surface area contributed by atoms with Gasteiger partial charge in [-0.15, -0.1) is 12.4 Å². The number of nitriles is 1. The molecule has 1 fully saturated rings. The minimum absolute atomic E-state index is 0. The number of hydrogen-bond acceptors (Lipinski definition) is 4. The Balaban J connectivity index is 0.00000180. The van der Waals surface area contributed by atoms with Crippen LogP contribution in [-0.4, -0.2) is 24.7 Å². The zero-order valence-electron chi connectivity index (χ0n) is 11.0. The van der Waals surface area contributed by atoms with Gasteiger partial charge < -0.3 is 10.1 Å². The smallest absolute Gasteiger partial charge is 0.214 e. The number of piperidine rings is 1. The Morgan fingerprint density at radius 2 is 2.21 bits per heavy atom. The minimum atomic E-state index is 0. The van der Waals surface area contributed by atoms with E-state index in [1.807, 2.05) is 0 Å². The molecule has 0 aliphatic carbocycles. The molecule has 104 valence electrons. The highest BCUT2D eigenvalue weighted by Gasteiger charge is 2.12. The predicted molar refractivity (Wildman–Crippen MR) is 76.5 cm³/mol. The molecule has 1 aliphatic rings. The fourth-order valence-electron chi connectivity index (χ4n) is 2.28. The molecule has 1 aromatic rings. The summed E-state index contributed by atoms with van der Waals surface area (Å²) in [7, 11) is 0. The molecule has 0 radical (unpaired) electrons. The third-order valence-corrected chi connectivity index (χ3v) is 3.33. The largest absolute Gasteiger partial charge is 0.478 e. The summed E-state index contributed by atoms with van der Waals surface area (Å²) in [5.41, 5.74) is 0.596. The molecule has 0 aromatic carbocycles. The third-order valence-electron chi connectivity index (χ3n) is 3.33. The second kappa shape index (κ2) is 8.73. The van der Waals surface area contributed by atoms with Gasteiger partial charge in [0.2, 0.25) is 5.88 Å². The number of rotatable bonds is 5. The quantitative estimate of drug-likeness (QED) is 0.843. The van der Waals surface area contributed by atoms with Crippen molar-refractivity contribution in [2.24, 2.45) is 5.92 Å². The molecule has 5 heteroatoms. The Kier molecular flexibility index (Phi) is 7.24. The van der Waals surface area contributed by atoms with Crippen LogP contribution in [0.3, 0.4) is 0 Å². The Hall–Kier alpha value is -1.31. The van der Waals surface area contributed by atoms with E-state index in [4.69, 9.17) is 10.00 Å². The highest BCUT2D eigenvalue weighted by molar-refractivity contribution is 5.85. The van der Waals surface area contributed by atoms with Crippen molar-refractivity contribution in [3.8, 4) is 11.9 Å². The summed E-state index contributed by atoms with van der Waals surface area (Å²) in [4.78, 5) is 4.09. The van der Waals surface area contributed by atoms with Gasteiger partial charge >= 0.3 is 0 Å². The molecule has 0 spiro atoms. The Morgan fingerprint density at radius 3 is 2.95 bits per heavy atom. The van der Waals surface area contributed by atoms with Crippen LogP contribution < -0.4 is 10.1 Å². The zero-order chi connectivity index (χ0) is 12.6. The van der Waals surface area contributed by atoms with Crippen molar-refractivity contribution in [1.29, 1.82) is 5.26 Å². The number of aromatic nitrogens is 1. The SMILES string of the molecule is Cl.N#Cc1ccnc(OCCCC2CCNCC2)c1. The average Bonchev–Trinajstić information content (AvgIpc) is 2.45. The van der Waals surface area contributed by atoms with Crippen LogP contribution in [0.4, 0.5) is 0 Å². The molecule has 1 N–H and O–H groups in total. The first-order valence-corrected chi connectivity index (χ1v) is 6.58. The Bertz CT molecular complexity index is 413. The maximum atomic E-state index is 8.76. The van der Waals surface area contributed by atoms with Crippen molar-refractivity contribution in [2.45, 2.75) is 25.7 Å². The lowest BCUT2D eigenvalue weighted by Gasteiger charge is -2.22. The first-order chi connectivity index (χ1) is 8.88. The maximum absolute atomic E-state index is 8.76. The molecule has 0 saturated carbocycles. The topological polar surface area (TPSA) is 57.9 Å². The standard InChI is InChI=1S/C14H19N3O.ClH/c15-11-13-5-8-17-14(10-13)18-9-1-2-12-3-6-16-7-4-12;/h5,8,10,12,16H,1-4,6-7,9H2;1H. The normalized spacial score (nSPS) is 15.3. The highest BCUT2D eigenvalue weighted by atomic mass is 35.5. The number of halogens is 1. The molecule has 1 aromatic heterocycles. The molecule has 0 amide bonds. The van der Waals surface area contributed by atoms with Crippen molar-refractivity contribution in [3.63, 3.8) is 0 Å². The summed E-state index contributed by atoms with van der Waals surface area (Å²) in [6.45, 7) is 2.99. The fraction of sp³-hybridized carbons (Fsp3) is 0.571. The number of nitrogens with one attached hydrogen (secondary N) is 1. The van der Waals surface area contributed by atoms with Crippen LogP contribution in [0.5, 0.6) is 5.88 Å². The molecular formula is C14H20ClN3O. The summed E-state index contributed by atoms with van der Waals surface area (Å²) in [6.07, 6.45) is 6.45. The van der Waals surface area contributed by atoms with Crippen molar-refractivity contribution in [3.05, 3.63) is 23.9 Å². The van der Waals surface area contributed by atoms with Crippen LogP contribution in [0.1, 0.15) is 31.2 Å². The summed E-state index contributed by atoms with van der Waals surface area (Å²) >= 11 is 0. The molecule has 1 aliphatic heterocycles. The van der Waals surface area contributed by atoms with Gasteiger partial charge in [-0.05, 0) is 50.8 Å². The molecule has 2 rings (SSSR count). The van der Waals surface area contributed by atoms with Crippen LogP contribution >= 0.6 is 12.4 Å². The van der Waals surface area contributed by atoms with Crippen LogP contribution in [0.25, 0.3) is 0 Å². The summed E-state index contributed by atoms with van der Waals surface area (Å²) in [5.74, 6) is 1.40. The van der Waals surface area contributed by atoms with Gasteiger partial charge in [-0.3, -0.25) is 0 Å². The van der Waals surface area contributed by atoms with Crippen LogP contribution in [0.15, 0.2) is 18.3 Å². The van der Waals surface area contributed by atoms with Gasteiger partial charge in [-0.2, -0.15) is 5.26 Å². The number of pyridine rings is 1. The first kappa shape index (κ1) is 15.7. The van der Waals surface area contributed by atoms with E-state index < -0.39 is 0 Å². The monoisotopic (exact) mass is 281 g/mol. The van der Waals surface area contributed by atoms with Crippen LogP contribution in [0, 0.1) is 17.2 Å². The molecule has 19 heavy (non-hydrogen) atoms. The van der Waals surface area contributed by atoms with Crippen molar-refractivity contribution in [2.75, 3.05) is 19.7 Å². The Labute approximate surface area is 120 Å². The van der Waals surface area contributed by atoms with E-state index >= 15 is 0 Å². The molecule has 0 unspecified atom stereocenters. The van der Waals surface area contributed by atoms with E-state index in [1.54, 1.807) is 18.3 Å². The zero-order valence-corrected chi connectivity index (χ0v) is 11.8. The summed E-state index contributed by atoms with van der Waals surface area (Å²) in [5, 5.41) is 12.1. The third kappa shape index (κ3) is 5.46. The second-order valence-corrected chi connectivity index (χ2v) is 4.68. The average molecular weight is 282 g/mol. The number of ether oxygens (including phenoxy) is 1. The minimum Gasteiger partial charge on any atom is -0.478 e. The maximum Gasteiger partial charge on any atom is 0.214 e. The van der Waals surface area contributed by atoms with E-state index in [0.29, 0.717) is 18.1 Å². The van der Waals surface area contributed by atoms with E-state index in [1.165, 1.54) is 19.3 Å². The van der Waals surface area contributed by atoms with Crippen molar-refractivity contribution >= 4 is 12.4 Å². The second-order valence-electron chi connectivity index (χ2n) is 4.68. The summed E-state index contributed by atoms with van der Waals surface area (Å²) < 4.78 is 5.56. The van der Waals surface area contributed by atoms with Crippen molar-refractivity contribution in [1.82, 2.24) is 10.3 Å². The first-order valence-electron chi connectivity index (χ1n) is 6.58.